The molecule has 0 aliphatic carbocycles. The first kappa shape index (κ1) is 13.1. The van der Waals surface area contributed by atoms with Crippen LogP contribution in [0.25, 0.3) is 0 Å². The van der Waals surface area contributed by atoms with Gasteiger partial charge in [0.2, 0.25) is 5.91 Å². The van der Waals surface area contributed by atoms with Crippen LogP contribution in [-0.4, -0.2) is 28.0 Å². The summed E-state index contributed by atoms with van der Waals surface area (Å²) in [5.41, 5.74) is 6.50. The van der Waals surface area contributed by atoms with E-state index < -0.39 is 12.0 Å². The molecule has 6 nitrogen and oxygen atoms in total. The van der Waals surface area contributed by atoms with Crippen LogP contribution in [0.1, 0.15) is 19.0 Å². The van der Waals surface area contributed by atoms with Gasteiger partial charge in [0.15, 0.2) is 0 Å². The second-order valence-electron chi connectivity index (χ2n) is 3.61. The molecule has 0 saturated carbocycles. The van der Waals surface area contributed by atoms with Gasteiger partial charge in [0.05, 0.1) is 30.0 Å². The molecule has 1 rings (SSSR count). The third-order valence-corrected chi connectivity index (χ3v) is 2.20. The van der Waals surface area contributed by atoms with E-state index in [0.717, 1.165) is 0 Å². The van der Waals surface area contributed by atoms with Crippen molar-refractivity contribution in [1.29, 1.82) is 0 Å². The lowest BCUT2D eigenvalue weighted by Crippen LogP contribution is -2.34. The third-order valence-electron chi connectivity index (χ3n) is 2.20. The molecule has 1 aromatic rings. The van der Waals surface area contributed by atoms with E-state index in [-0.39, 0.29) is 12.3 Å². The Morgan fingerprint density at radius 3 is 2.71 bits per heavy atom. The Bertz CT molecular complexity index is 403. The average molecular weight is 237 g/mol. The number of carbonyl (C=O) groups excluding carboxylic acids is 1. The Hall–Kier alpha value is -1.95. The molecular weight excluding hydrogens is 222 g/mol. The molecule has 1 amide bonds. The van der Waals surface area contributed by atoms with E-state index in [2.05, 4.69) is 10.3 Å². The van der Waals surface area contributed by atoms with Crippen LogP contribution in [0.5, 0.6) is 0 Å². The molecule has 1 aromatic heterocycles. The van der Waals surface area contributed by atoms with E-state index >= 15 is 0 Å². The molecule has 0 bridgehead atoms. The van der Waals surface area contributed by atoms with Gasteiger partial charge >= 0.3 is 5.97 Å². The van der Waals surface area contributed by atoms with Crippen molar-refractivity contribution in [2.75, 3.05) is 5.32 Å². The summed E-state index contributed by atoms with van der Waals surface area (Å²) in [6, 6.07) is 2.61. The van der Waals surface area contributed by atoms with E-state index in [4.69, 9.17) is 10.8 Å². The number of hydrogen-bond acceptors (Lipinski definition) is 4. The number of nitrogens with two attached hydrogens (primary N) is 1. The number of carbonyl (C=O) groups is 2. The molecule has 1 atom stereocenters. The van der Waals surface area contributed by atoms with E-state index in [0.29, 0.717) is 17.8 Å². The van der Waals surface area contributed by atoms with E-state index in [1.165, 1.54) is 6.20 Å². The lowest BCUT2D eigenvalue weighted by molar-refractivity contribution is -0.136. The lowest BCUT2D eigenvalue weighted by Gasteiger charge is -2.09. The van der Waals surface area contributed by atoms with Gasteiger partial charge in [-0.25, -0.2) is 0 Å². The molecule has 1 unspecified atom stereocenters. The molecular formula is C11H15N3O3. The standard InChI is InChI=1S/C11H15N3O3/c1-2-9(12)11(17)14-8-4-3-7(13-6-8)5-10(15)16/h3-4,6,9H,2,5,12H2,1H3,(H,14,17)(H,15,16). The Morgan fingerprint density at radius 1 is 1.53 bits per heavy atom. The highest BCUT2D eigenvalue weighted by Gasteiger charge is 2.11. The summed E-state index contributed by atoms with van der Waals surface area (Å²) in [5.74, 6) is -1.22. The molecule has 0 saturated heterocycles. The fraction of sp³-hybridized carbons (Fsp3) is 0.364. The van der Waals surface area contributed by atoms with Gasteiger partial charge in [-0.3, -0.25) is 14.6 Å². The summed E-state index contributed by atoms with van der Waals surface area (Å²) in [4.78, 5) is 25.8. The van der Waals surface area contributed by atoms with Crippen molar-refractivity contribution in [3.63, 3.8) is 0 Å². The molecule has 17 heavy (non-hydrogen) atoms. The summed E-state index contributed by atoms with van der Waals surface area (Å²) in [6.45, 7) is 1.82. The van der Waals surface area contributed by atoms with Crippen molar-refractivity contribution >= 4 is 17.6 Å². The van der Waals surface area contributed by atoms with E-state index in [9.17, 15) is 9.59 Å². The molecule has 0 aliphatic rings. The normalized spacial score (nSPS) is 11.9. The number of nitrogens with zero attached hydrogens (tertiary/aromatic N) is 1. The molecule has 0 spiro atoms. The summed E-state index contributed by atoms with van der Waals surface area (Å²) in [6.07, 6.45) is 1.83. The smallest absolute Gasteiger partial charge is 0.309 e. The minimum absolute atomic E-state index is 0.136. The Kier molecular flexibility index (Phi) is 4.59. The fourth-order valence-electron chi connectivity index (χ4n) is 1.18. The molecule has 0 aromatic carbocycles. The SMILES string of the molecule is CCC(N)C(=O)Nc1ccc(CC(=O)O)nc1. The van der Waals surface area contributed by atoms with Gasteiger partial charge in [-0.1, -0.05) is 6.92 Å². The van der Waals surface area contributed by atoms with Gasteiger partial charge in [0.1, 0.15) is 0 Å². The van der Waals surface area contributed by atoms with Crippen molar-refractivity contribution in [3.8, 4) is 0 Å². The number of nitrogens with one attached hydrogen (secondary N) is 1. The molecule has 0 fully saturated rings. The first-order valence-electron chi connectivity index (χ1n) is 5.26. The number of amides is 1. The number of hydrogen-bond donors (Lipinski definition) is 3. The minimum atomic E-state index is -0.942. The van der Waals surface area contributed by atoms with Crippen LogP contribution in [0.3, 0.4) is 0 Å². The maximum Gasteiger partial charge on any atom is 0.309 e. The quantitative estimate of drug-likeness (QED) is 0.686. The molecule has 92 valence electrons. The highest BCUT2D eigenvalue weighted by Crippen LogP contribution is 2.07. The van der Waals surface area contributed by atoms with Crippen LogP contribution in [0.15, 0.2) is 18.3 Å². The highest BCUT2D eigenvalue weighted by atomic mass is 16.4. The number of aromatic nitrogens is 1. The number of rotatable bonds is 5. The van der Waals surface area contributed by atoms with Crippen molar-refractivity contribution in [2.45, 2.75) is 25.8 Å². The molecule has 6 heteroatoms. The number of anilines is 1. The summed E-state index contributed by atoms with van der Waals surface area (Å²) < 4.78 is 0. The van der Waals surface area contributed by atoms with Crippen LogP contribution < -0.4 is 11.1 Å². The largest absolute Gasteiger partial charge is 0.481 e. The number of carboxylic acids is 1. The summed E-state index contributed by atoms with van der Waals surface area (Å²) in [5, 5.41) is 11.2. The fourth-order valence-corrected chi connectivity index (χ4v) is 1.18. The van der Waals surface area contributed by atoms with Crippen LogP contribution in [0.2, 0.25) is 0 Å². The Morgan fingerprint density at radius 2 is 2.24 bits per heavy atom. The zero-order chi connectivity index (χ0) is 12.8. The summed E-state index contributed by atoms with van der Waals surface area (Å²) >= 11 is 0. The first-order valence-corrected chi connectivity index (χ1v) is 5.26. The van der Waals surface area contributed by atoms with Crippen LogP contribution in [-0.2, 0) is 16.0 Å². The number of pyridine rings is 1. The van der Waals surface area contributed by atoms with Gasteiger partial charge in [-0.15, -0.1) is 0 Å². The van der Waals surface area contributed by atoms with E-state index in [1.54, 1.807) is 12.1 Å². The van der Waals surface area contributed by atoms with Crippen LogP contribution in [0.4, 0.5) is 5.69 Å². The maximum absolute atomic E-state index is 11.4. The van der Waals surface area contributed by atoms with Gasteiger partial charge in [-0.05, 0) is 18.6 Å². The van der Waals surface area contributed by atoms with E-state index in [1.807, 2.05) is 6.92 Å². The third kappa shape index (κ3) is 4.20. The predicted molar refractivity (Wildman–Crippen MR) is 62.5 cm³/mol. The molecule has 4 N–H and O–H groups in total. The van der Waals surface area contributed by atoms with Gasteiger partial charge in [0.25, 0.3) is 0 Å². The highest BCUT2D eigenvalue weighted by molar-refractivity contribution is 5.94. The van der Waals surface area contributed by atoms with Gasteiger partial charge in [0, 0.05) is 0 Å². The average Bonchev–Trinajstić information content (AvgIpc) is 2.30. The first-order chi connectivity index (χ1) is 8.02. The van der Waals surface area contributed by atoms with Gasteiger partial charge < -0.3 is 16.2 Å². The zero-order valence-electron chi connectivity index (χ0n) is 9.51. The molecule has 1 heterocycles. The second kappa shape index (κ2) is 5.95. The zero-order valence-corrected chi connectivity index (χ0v) is 9.51. The van der Waals surface area contributed by atoms with Crippen LogP contribution in [0, 0.1) is 0 Å². The second-order valence-corrected chi connectivity index (χ2v) is 3.61. The Balaban J connectivity index is 2.62. The number of aliphatic carboxylic acids is 1. The number of carboxylic acid groups (broad SMARTS) is 1. The minimum Gasteiger partial charge on any atom is -0.481 e. The predicted octanol–water partition coefficient (Wildman–Crippen LogP) is 0.384. The van der Waals surface area contributed by atoms with Crippen molar-refractivity contribution in [1.82, 2.24) is 4.98 Å². The van der Waals surface area contributed by atoms with Crippen LogP contribution >= 0.6 is 0 Å². The van der Waals surface area contributed by atoms with Gasteiger partial charge in [-0.2, -0.15) is 0 Å². The summed E-state index contributed by atoms with van der Waals surface area (Å²) in [7, 11) is 0. The topological polar surface area (TPSA) is 105 Å². The molecule has 0 radical (unpaired) electrons. The Labute approximate surface area is 98.8 Å². The van der Waals surface area contributed by atoms with Crippen molar-refractivity contribution in [3.05, 3.63) is 24.0 Å². The van der Waals surface area contributed by atoms with Crippen molar-refractivity contribution < 1.29 is 14.7 Å². The molecule has 0 aliphatic heterocycles. The lowest BCUT2D eigenvalue weighted by atomic mass is 10.2. The monoisotopic (exact) mass is 237 g/mol. The maximum atomic E-state index is 11.4. The van der Waals surface area contributed by atoms with Crippen molar-refractivity contribution in [2.24, 2.45) is 5.73 Å².